The predicted octanol–water partition coefficient (Wildman–Crippen LogP) is 4.86. The number of hydrogen-bond donors (Lipinski definition) is 2. The number of hydrogen-bond acceptors (Lipinski definition) is 2. The van der Waals surface area contributed by atoms with E-state index >= 15 is 0 Å². The van der Waals surface area contributed by atoms with Gasteiger partial charge in [0.25, 0.3) is 0 Å². The van der Waals surface area contributed by atoms with Crippen molar-refractivity contribution in [3.05, 3.63) is 24.3 Å². The molecule has 0 amide bonds. The molecule has 0 aliphatic rings. The maximum absolute atomic E-state index is 10.3. The van der Waals surface area contributed by atoms with Crippen LogP contribution in [-0.4, -0.2) is 22.3 Å². The van der Waals surface area contributed by atoms with Crippen LogP contribution in [0.2, 0.25) is 0 Å². The zero-order valence-corrected chi connectivity index (χ0v) is 13.5. The second-order valence-electron chi connectivity index (χ2n) is 5.52. The Bertz CT molecular complexity index is 295. The summed E-state index contributed by atoms with van der Waals surface area (Å²) < 4.78 is 0. The first-order chi connectivity index (χ1) is 10.2. The summed E-state index contributed by atoms with van der Waals surface area (Å²) in [5.74, 6) is -0.690. The molecule has 1 unspecified atom stereocenters. The Kier molecular flexibility index (Phi) is 14.5. The number of unbranched alkanes of at least 4 members (excludes halogenated alkanes) is 5. The summed E-state index contributed by atoms with van der Waals surface area (Å²) >= 11 is 0. The van der Waals surface area contributed by atoms with Crippen LogP contribution in [0.1, 0.15) is 77.6 Å². The van der Waals surface area contributed by atoms with Gasteiger partial charge >= 0.3 is 5.97 Å². The average molecular weight is 296 g/mol. The summed E-state index contributed by atoms with van der Waals surface area (Å²) in [6, 6.07) is 0. The van der Waals surface area contributed by atoms with Crippen LogP contribution in [-0.2, 0) is 4.79 Å². The SMILES string of the molecule is CCC=CCC(O)CCC=CCCCCCCCC(=O)O. The van der Waals surface area contributed by atoms with Crippen molar-refractivity contribution in [1.29, 1.82) is 0 Å². The fourth-order valence-corrected chi connectivity index (χ4v) is 2.13. The van der Waals surface area contributed by atoms with Gasteiger partial charge in [-0.25, -0.2) is 0 Å². The zero-order chi connectivity index (χ0) is 15.8. The van der Waals surface area contributed by atoms with Crippen molar-refractivity contribution in [2.45, 2.75) is 83.7 Å². The molecule has 2 N–H and O–H groups in total. The van der Waals surface area contributed by atoms with E-state index < -0.39 is 5.97 Å². The molecular weight excluding hydrogens is 264 g/mol. The normalized spacial score (nSPS) is 13.2. The lowest BCUT2D eigenvalue weighted by atomic mass is 10.1. The van der Waals surface area contributed by atoms with Gasteiger partial charge in [-0.2, -0.15) is 0 Å². The van der Waals surface area contributed by atoms with Gasteiger partial charge in [0.05, 0.1) is 6.10 Å². The molecule has 3 nitrogen and oxygen atoms in total. The Labute approximate surface area is 129 Å². The molecule has 0 aromatic carbocycles. The molecule has 0 aliphatic heterocycles. The Morgan fingerprint density at radius 3 is 2.33 bits per heavy atom. The van der Waals surface area contributed by atoms with Gasteiger partial charge in [0.15, 0.2) is 0 Å². The summed E-state index contributed by atoms with van der Waals surface area (Å²) in [6.45, 7) is 2.10. The van der Waals surface area contributed by atoms with E-state index in [4.69, 9.17) is 5.11 Å². The molecule has 3 heteroatoms. The molecule has 0 bridgehead atoms. The van der Waals surface area contributed by atoms with Crippen molar-refractivity contribution in [1.82, 2.24) is 0 Å². The standard InChI is InChI=1S/C18H32O3/c1-2-3-11-14-17(19)15-12-9-7-5-4-6-8-10-13-16-18(20)21/h3,7,9,11,17,19H,2,4-6,8,10,12-16H2,1H3,(H,20,21). The minimum atomic E-state index is -0.690. The highest BCUT2D eigenvalue weighted by atomic mass is 16.4. The monoisotopic (exact) mass is 296 g/mol. The molecule has 0 spiro atoms. The molecule has 0 heterocycles. The molecule has 0 aromatic heterocycles. The Morgan fingerprint density at radius 1 is 0.952 bits per heavy atom. The molecule has 0 saturated carbocycles. The molecule has 0 saturated heterocycles. The molecular formula is C18H32O3. The molecule has 0 fully saturated rings. The summed E-state index contributed by atoms with van der Waals surface area (Å²) in [5, 5.41) is 18.2. The third-order valence-corrected chi connectivity index (χ3v) is 3.41. The van der Waals surface area contributed by atoms with E-state index in [2.05, 4.69) is 31.2 Å². The first-order valence-electron chi connectivity index (χ1n) is 8.36. The van der Waals surface area contributed by atoms with E-state index in [9.17, 15) is 9.90 Å². The second-order valence-corrected chi connectivity index (χ2v) is 5.52. The van der Waals surface area contributed by atoms with Crippen LogP contribution in [0, 0.1) is 0 Å². The third-order valence-electron chi connectivity index (χ3n) is 3.41. The fourth-order valence-electron chi connectivity index (χ4n) is 2.13. The first kappa shape index (κ1) is 19.9. The molecule has 0 rings (SSSR count). The van der Waals surface area contributed by atoms with Crippen molar-refractivity contribution in [3.8, 4) is 0 Å². The van der Waals surface area contributed by atoms with E-state index in [0.717, 1.165) is 51.4 Å². The fraction of sp³-hybridized carbons (Fsp3) is 0.722. The molecule has 122 valence electrons. The molecule has 0 aliphatic carbocycles. The van der Waals surface area contributed by atoms with E-state index in [1.807, 2.05) is 0 Å². The summed E-state index contributed by atoms with van der Waals surface area (Å²) in [7, 11) is 0. The van der Waals surface area contributed by atoms with Crippen molar-refractivity contribution in [2.24, 2.45) is 0 Å². The van der Waals surface area contributed by atoms with Gasteiger partial charge in [0, 0.05) is 6.42 Å². The van der Waals surface area contributed by atoms with Crippen molar-refractivity contribution in [3.63, 3.8) is 0 Å². The van der Waals surface area contributed by atoms with Crippen LogP contribution in [0.25, 0.3) is 0 Å². The minimum absolute atomic E-state index is 0.216. The quantitative estimate of drug-likeness (QED) is 0.355. The van der Waals surface area contributed by atoms with Crippen LogP contribution >= 0.6 is 0 Å². The second kappa shape index (κ2) is 15.3. The summed E-state index contributed by atoms with van der Waals surface area (Å²) in [4.78, 5) is 10.3. The smallest absolute Gasteiger partial charge is 0.303 e. The van der Waals surface area contributed by atoms with Crippen molar-refractivity contribution < 1.29 is 15.0 Å². The van der Waals surface area contributed by atoms with Crippen LogP contribution < -0.4 is 0 Å². The Hall–Kier alpha value is -1.09. The molecule has 0 radical (unpaired) electrons. The largest absolute Gasteiger partial charge is 0.481 e. The number of aliphatic hydroxyl groups is 1. The first-order valence-corrected chi connectivity index (χ1v) is 8.36. The molecule has 0 aromatic rings. The number of rotatable bonds is 14. The van der Waals surface area contributed by atoms with Gasteiger partial charge in [-0.3, -0.25) is 4.79 Å². The maximum atomic E-state index is 10.3. The van der Waals surface area contributed by atoms with Crippen molar-refractivity contribution in [2.75, 3.05) is 0 Å². The Balaban J connectivity index is 3.29. The van der Waals surface area contributed by atoms with Gasteiger partial charge in [0.1, 0.15) is 0 Å². The number of allylic oxidation sites excluding steroid dienone is 3. The van der Waals surface area contributed by atoms with Gasteiger partial charge in [0.2, 0.25) is 0 Å². The lowest BCUT2D eigenvalue weighted by Crippen LogP contribution is -2.03. The van der Waals surface area contributed by atoms with E-state index in [-0.39, 0.29) is 6.10 Å². The lowest BCUT2D eigenvalue weighted by Gasteiger charge is -2.04. The van der Waals surface area contributed by atoms with Gasteiger partial charge < -0.3 is 10.2 Å². The van der Waals surface area contributed by atoms with E-state index in [0.29, 0.717) is 6.42 Å². The highest BCUT2D eigenvalue weighted by Gasteiger charge is 1.99. The van der Waals surface area contributed by atoms with Gasteiger partial charge in [-0.1, -0.05) is 50.5 Å². The lowest BCUT2D eigenvalue weighted by molar-refractivity contribution is -0.137. The van der Waals surface area contributed by atoms with E-state index in [1.54, 1.807) is 0 Å². The number of aliphatic hydroxyl groups excluding tert-OH is 1. The van der Waals surface area contributed by atoms with Gasteiger partial charge in [-0.15, -0.1) is 0 Å². The van der Waals surface area contributed by atoms with E-state index in [1.165, 1.54) is 12.8 Å². The van der Waals surface area contributed by atoms with Crippen LogP contribution in [0.5, 0.6) is 0 Å². The highest BCUT2D eigenvalue weighted by molar-refractivity contribution is 5.66. The number of carboxylic acid groups (broad SMARTS) is 1. The third kappa shape index (κ3) is 16.9. The predicted molar refractivity (Wildman–Crippen MR) is 88.4 cm³/mol. The minimum Gasteiger partial charge on any atom is -0.481 e. The molecule has 21 heavy (non-hydrogen) atoms. The number of carboxylic acids is 1. The number of aliphatic carboxylic acids is 1. The zero-order valence-electron chi connectivity index (χ0n) is 13.5. The summed E-state index contributed by atoms with van der Waals surface area (Å²) in [6.07, 6.45) is 18.6. The average Bonchev–Trinajstić information content (AvgIpc) is 2.44. The maximum Gasteiger partial charge on any atom is 0.303 e. The number of carbonyl (C=O) groups is 1. The summed E-state index contributed by atoms with van der Waals surface area (Å²) in [5.41, 5.74) is 0. The van der Waals surface area contributed by atoms with Crippen LogP contribution in [0.3, 0.4) is 0 Å². The Morgan fingerprint density at radius 2 is 1.62 bits per heavy atom. The van der Waals surface area contributed by atoms with Crippen molar-refractivity contribution >= 4 is 5.97 Å². The van der Waals surface area contributed by atoms with Crippen LogP contribution in [0.4, 0.5) is 0 Å². The van der Waals surface area contributed by atoms with Gasteiger partial charge in [-0.05, 0) is 44.9 Å². The molecule has 1 atom stereocenters. The van der Waals surface area contributed by atoms with Crippen LogP contribution in [0.15, 0.2) is 24.3 Å². The topological polar surface area (TPSA) is 57.5 Å². The highest BCUT2D eigenvalue weighted by Crippen LogP contribution is 2.09.